The Morgan fingerprint density at radius 3 is 2.57 bits per heavy atom. The first-order chi connectivity index (χ1) is 17.9. The smallest absolute Gasteiger partial charge is 0.339 e. The molecule has 1 atom stereocenters. The molecule has 3 aromatic heterocycles. The van der Waals surface area contributed by atoms with Crippen LogP contribution >= 0.6 is 0 Å². The third-order valence-corrected chi connectivity index (χ3v) is 6.51. The molecule has 10 heteroatoms. The van der Waals surface area contributed by atoms with Crippen LogP contribution in [0.2, 0.25) is 0 Å². The molecule has 0 radical (unpaired) electrons. The number of nitrogens with two attached hydrogens (primary N) is 1. The van der Waals surface area contributed by atoms with Crippen molar-refractivity contribution in [2.45, 2.75) is 25.8 Å². The number of anilines is 1. The second kappa shape index (κ2) is 10.2. The van der Waals surface area contributed by atoms with Gasteiger partial charge in [-0.15, -0.1) is 0 Å². The van der Waals surface area contributed by atoms with Crippen LogP contribution in [0.3, 0.4) is 0 Å². The van der Waals surface area contributed by atoms with E-state index >= 15 is 0 Å². The van der Waals surface area contributed by atoms with Crippen molar-refractivity contribution in [2.75, 3.05) is 12.3 Å². The lowest BCUT2D eigenvalue weighted by molar-refractivity contribution is 0.0694. The van der Waals surface area contributed by atoms with Crippen molar-refractivity contribution < 1.29 is 9.90 Å². The van der Waals surface area contributed by atoms with Gasteiger partial charge >= 0.3 is 5.97 Å². The van der Waals surface area contributed by atoms with Crippen LogP contribution in [0.15, 0.2) is 67.3 Å². The molecule has 5 rings (SSSR count). The quantitative estimate of drug-likeness (QED) is 0.283. The Balaban J connectivity index is 1.25. The molecule has 0 bridgehead atoms. The van der Waals surface area contributed by atoms with Gasteiger partial charge in [0.05, 0.1) is 11.4 Å². The van der Waals surface area contributed by atoms with Crippen LogP contribution in [0.5, 0.6) is 0 Å². The molecule has 0 amide bonds. The summed E-state index contributed by atoms with van der Waals surface area (Å²) in [6, 6.07) is 18.0. The average molecular weight is 497 g/mol. The lowest BCUT2D eigenvalue weighted by atomic mass is 10.0. The number of hydrogen-bond donors (Lipinski definition) is 3. The highest BCUT2D eigenvalue weighted by Gasteiger charge is 2.22. The van der Waals surface area contributed by atoms with Crippen molar-refractivity contribution in [2.24, 2.45) is 7.05 Å². The number of aromatic carboxylic acids is 1. The molecule has 0 aliphatic carbocycles. The van der Waals surface area contributed by atoms with E-state index in [2.05, 4.69) is 32.3 Å². The number of aromatic nitrogens is 6. The first-order valence-corrected chi connectivity index (χ1v) is 12.0. The van der Waals surface area contributed by atoms with Gasteiger partial charge in [-0.05, 0) is 30.2 Å². The van der Waals surface area contributed by atoms with Crippen LogP contribution in [0.4, 0.5) is 5.82 Å². The fourth-order valence-electron chi connectivity index (χ4n) is 4.52. The number of imidazole rings is 1. The van der Waals surface area contributed by atoms with E-state index in [0.29, 0.717) is 53.3 Å². The molecule has 0 fully saturated rings. The second-order valence-electron chi connectivity index (χ2n) is 8.92. The SMILES string of the molecule is C[C@H](NCCc1nn(C)c(Cc2ccccc2)c1C(=O)O)c1ccc(-n2cnc3c(N)ncnc32)cc1. The summed E-state index contributed by atoms with van der Waals surface area (Å²) >= 11 is 0. The summed E-state index contributed by atoms with van der Waals surface area (Å²) in [5, 5.41) is 17.9. The van der Waals surface area contributed by atoms with Crippen LogP contribution in [0.25, 0.3) is 16.9 Å². The molecule has 4 N–H and O–H groups in total. The maximum atomic E-state index is 12.1. The maximum absolute atomic E-state index is 12.1. The molecular weight excluding hydrogens is 468 g/mol. The van der Waals surface area contributed by atoms with E-state index in [1.54, 1.807) is 18.1 Å². The zero-order valence-corrected chi connectivity index (χ0v) is 20.7. The number of nitrogens with zero attached hydrogens (tertiary/aromatic N) is 6. The molecule has 2 aromatic carbocycles. The van der Waals surface area contributed by atoms with Crippen molar-refractivity contribution in [1.29, 1.82) is 0 Å². The molecule has 0 spiro atoms. The van der Waals surface area contributed by atoms with Crippen LogP contribution in [0, 0.1) is 0 Å². The molecule has 0 saturated heterocycles. The van der Waals surface area contributed by atoms with Gasteiger partial charge in [0.2, 0.25) is 0 Å². The van der Waals surface area contributed by atoms with E-state index < -0.39 is 5.97 Å². The largest absolute Gasteiger partial charge is 0.478 e. The first kappa shape index (κ1) is 24.1. The highest BCUT2D eigenvalue weighted by Crippen LogP contribution is 2.22. The van der Waals surface area contributed by atoms with Gasteiger partial charge in [-0.2, -0.15) is 5.10 Å². The van der Waals surface area contributed by atoms with Gasteiger partial charge in [-0.3, -0.25) is 9.25 Å². The minimum absolute atomic E-state index is 0.0623. The number of fused-ring (bicyclic) bond motifs is 1. The van der Waals surface area contributed by atoms with Crippen LogP contribution in [0.1, 0.15) is 45.8 Å². The Morgan fingerprint density at radius 1 is 1.08 bits per heavy atom. The molecule has 0 aliphatic rings. The second-order valence-corrected chi connectivity index (χ2v) is 8.92. The summed E-state index contributed by atoms with van der Waals surface area (Å²) in [5.41, 5.74) is 11.8. The number of nitrogen functional groups attached to an aromatic ring is 1. The topological polar surface area (TPSA) is 137 Å². The summed E-state index contributed by atoms with van der Waals surface area (Å²) in [6.45, 7) is 2.67. The summed E-state index contributed by atoms with van der Waals surface area (Å²) in [4.78, 5) is 24.7. The number of hydrogen-bond acceptors (Lipinski definition) is 7. The van der Waals surface area contributed by atoms with E-state index in [1.807, 2.05) is 59.2 Å². The minimum Gasteiger partial charge on any atom is -0.478 e. The van der Waals surface area contributed by atoms with E-state index in [1.165, 1.54) is 6.33 Å². The monoisotopic (exact) mass is 496 g/mol. The van der Waals surface area contributed by atoms with Crippen LogP contribution < -0.4 is 11.1 Å². The summed E-state index contributed by atoms with van der Waals surface area (Å²) in [7, 11) is 1.80. The third-order valence-electron chi connectivity index (χ3n) is 6.51. The van der Waals surface area contributed by atoms with Gasteiger partial charge in [-0.1, -0.05) is 42.5 Å². The Labute approximate surface area is 213 Å². The average Bonchev–Trinajstić information content (AvgIpc) is 3.47. The Hall–Kier alpha value is -4.57. The Morgan fingerprint density at radius 2 is 1.84 bits per heavy atom. The molecule has 5 aromatic rings. The number of carboxylic acid groups (broad SMARTS) is 1. The molecule has 10 nitrogen and oxygen atoms in total. The Bertz CT molecular complexity index is 1540. The van der Waals surface area contributed by atoms with Gasteiger partial charge in [0.25, 0.3) is 0 Å². The minimum atomic E-state index is -0.947. The van der Waals surface area contributed by atoms with Crippen molar-refractivity contribution in [3.63, 3.8) is 0 Å². The molecule has 3 heterocycles. The first-order valence-electron chi connectivity index (χ1n) is 12.0. The van der Waals surface area contributed by atoms with Crippen molar-refractivity contribution in [3.8, 4) is 5.69 Å². The third kappa shape index (κ3) is 4.91. The fourth-order valence-corrected chi connectivity index (χ4v) is 4.52. The number of aryl methyl sites for hydroxylation is 1. The number of rotatable bonds is 9. The zero-order valence-electron chi connectivity index (χ0n) is 20.7. The molecule has 37 heavy (non-hydrogen) atoms. The predicted octanol–water partition coefficient (Wildman–Crippen LogP) is 3.31. The Kier molecular flexibility index (Phi) is 6.65. The molecule has 0 aliphatic heterocycles. The van der Waals surface area contributed by atoms with Crippen molar-refractivity contribution in [3.05, 3.63) is 95.3 Å². The van der Waals surface area contributed by atoms with Crippen molar-refractivity contribution >= 4 is 23.0 Å². The van der Waals surface area contributed by atoms with Gasteiger partial charge in [0.1, 0.15) is 18.2 Å². The number of carbonyl (C=O) groups is 1. The van der Waals surface area contributed by atoms with Crippen LogP contribution in [-0.4, -0.2) is 46.9 Å². The van der Waals surface area contributed by atoms with E-state index in [0.717, 1.165) is 16.8 Å². The predicted molar refractivity (Wildman–Crippen MR) is 141 cm³/mol. The molecule has 188 valence electrons. The number of carboxylic acids is 1. The molecular formula is C27H28N8O2. The molecule has 0 unspecified atom stereocenters. The lowest BCUT2D eigenvalue weighted by Gasteiger charge is -2.15. The van der Waals surface area contributed by atoms with Gasteiger partial charge in [0, 0.05) is 38.2 Å². The highest BCUT2D eigenvalue weighted by atomic mass is 16.4. The fraction of sp³-hybridized carbons (Fsp3) is 0.222. The summed E-state index contributed by atoms with van der Waals surface area (Å²) < 4.78 is 3.56. The normalized spacial score (nSPS) is 12.2. The zero-order chi connectivity index (χ0) is 25.9. The standard InChI is InChI=1S/C27H28N8O2/c1-17(19-8-10-20(11-9-19)35-16-32-24-25(28)30-15-31-26(24)35)29-13-12-21-23(27(36)37)22(34(2)33-21)14-18-6-4-3-5-7-18/h3-11,15-17,29H,12-14H2,1-2H3,(H,36,37)(H2,28,30,31)/t17-/m0/s1. The highest BCUT2D eigenvalue weighted by molar-refractivity contribution is 5.90. The van der Waals surface area contributed by atoms with E-state index in [4.69, 9.17) is 5.73 Å². The number of benzene rings is 2. The van der Waals surface area contributed by atoms with E-state index in [-0.39, 0.29) is 6.04 Å². The number of nitrogens with one attached hydrogen (secondary N) is 1. The lowest BCUT2D eigenvalue weighted by Crippen LogP contribution is -2.22. The maximum Gasteiger partial charge on any atom is 0.339 e. The van der Waals surface area contributed by atoms with Gasteiger partial charge < -0.3 is 16.2 Å². The summed E-state index contributed by atoms with van der Waals surface area (Å²) in [5.74, 6) is -0.596. The molecule has 0 saturated carbocycles. The summed E-state index contributed by atoms with van der Waals surface area (Å²) in [6.07, 6.45) is 4.14. The van der Waals surface area contributed by atoms with Gasteiger partial charge in [0.15, 0.2) is 17.0 Å². The van der Waals surface area contributed by atoms with Crippen molar-refractivity contribution in [1.82, 2.24) is 34.6 Å². The van der Waals surface area contributed by atoms with Crippen LogP contribution in [-0.2, 0) is 19.9 Å². The van der Waals surface area contributed by atoms with E-state index in [9.17, 15) is 9.90 Å². The van der Waals surface area contributed by atoms with Gasteiger partial charge in [-0.25, -0.2) is 19.7 Å².